The van der Waals surface area contributed by atoms with Crippen LogP contribution in [0, 0.1) is 0 Å². The van der Waals surface area contributed by atoms with E-state index in [0.717, 1.165) is 0 Å². The Morgan fingerprint density at radius 1 is 1.56 bits per heavy atom. The van der Waals surface area contributed by atoms with Crippen LogP contribution in [0.1, 0.15) is 12.8 Å². The van der Waals surface area contributed by atoms with Gasteiger partial charge in [-0.05, 0) is 12.8 Å². The molecule has 0 saturated carbocycles. The van der Waals surface area contributed by atoms with Crippen LogP contribution in [0.15, 0.2) is 11.6 Å². The summed E-state index contributed by atoms with van der Waals surface area (Å²) in [7, 11) is 0. The van der Waals surface area contributed by atoms with Gasteiger partial charge in [0.2, 0.25) is 0 Å². The molecule has 98 valence electrons. The highest BCUT2D eigenvalue weighted by Crippen LogP contribution is 2.19. The van der Waals surface area contributed by atoms with Crippen LogP contribution in [0.2, 0.25) is 0 Å². The highest BCUT2D eigenvalue weighted by molar-refractivity contribution is 7.13. The number of rotatable bonds is 4. The summed E-state index contributed by atoms with van der Waals surface area (Å²) < 4.78 is 5.25. The Morgan fingerprint density at radius 2 is 2.39 bits per heavy atom. The zero-order valence-electron chi connectivity index (χ0n) is 9.46. The van der Waals surface area contributed by atoms with Crippen molar-refractivity contribution in [2.24, 2.45) is 0 Å². The number of ether oxygens (including phenoxy) is 1. The fourth-order valence-electron chi connectivity index (χ4n) is 1.67. The van der Waals surface area contributed by atoms with Crippen molar-refractivity contribution in [3.8, 4) is 0 Å². The molecule has 0 aromatic carbocycles. The lowest BCUT2D eigenvalue weighted by Gasteiger charge is -2.12. The van der Waals surface area contributed by atoms with Gasteiger partial charge in [-0.1, -0.05) is 0 Å². The van der Waals surface area contributed by atoms with E-state index < -0.39 is 12.1 Å². The third kappa shape index (κ3) is 3.41. The molecule has 2 amide bonds. The van der Waals surface area contributed by atoms with E-state index in [1.807, 2.05) is 0 Å². The minimum atomic E-state index is -0.954. The molecule has 2 unspecified atom stereocenters. The lowest BCUT2D eigenvalue weighted by Crippen LogP contribution is -2.35. The molecular formula is C10H13N3O4S. The van der Waals surface area contributed by atoms with Crippen LogP contribution in [0.25, 0.3) is 0 Å². The normalized spacial score (nSPS) is 22.7. The van der Waals surface area contributed by atoms with Crippen LogP contribution >= 0.6 is 11.3 Å². The van der Waals surface area contributed by atoms with Crippen LogP contribution in [0.4, 0.5) is 9.93 Å². The van der Waals surface area contributed by atoms with Gasteiger partial charge in [0.05, 0.1) is 6.10 Å². The number of carboxylic acid groups (broad SMARTS) is 1. The summed E-state index contributed by atoms with van der Waals surface area (Å²) in [4.78, 5) is 26.0. The summed E-state index contributed by atoms with van der Waals surface area (Å²) >= 11 is 1.32. The summed E-state index contributed by atoms with van der Waals surface area (Å²) in [6, 6.07) is -0.368. The summed E-state index contributed by atoms with van der Waals surface area (Å²) in [5, 5.41) is 16.2. The van der Waals surface area contributed by atoms with Crippen LogP contribution < -0.4 is 10.6 Å². The highest BCUT2D eigenvalue weighted by Gasteiger charge is 2.30. The number of urea groups is 1. The first-order valence-electron chi connectivity index (χ1n) is 5.48. The zero-order chi connectivity index (χ0) is 13.0. The quantitative estimate of drug-likeness (QED) is 0.755. The second-order valence-corrected chi connectivity index (χ2v) is 4.73. The number of thiazole rings is 1. The fraction of sp³-hybridized carbons (Fsp3) is 0.500. The first kappa shape index (κ1) is 12.8. The first-order chi connectivity index (χ1) is 8.65. The van der Waals surface area contributed by atoms with Crippen molar-refractivity contribution in [1.82, 2.24) is 10.3 Å². The predicted octanol–water partition coefficient (Wildman–Crippen LogP) is 0.897. The first-order valence-corrected chi connectivity index (χ1v) is 6.35. The maximum absolute atomic E-state index is 11.5. The molecule has 1 fully saturated rings. The number of nitrogens with one attached hydrogen (secondary N) is 2. The number of carbonyl (C=O) groups is 2. The molecule has 0 bridgehead atoms. The molecule has 1 aromatic rings. The number of hydrogen-bond acceptors (Lipinski definition) is 5. The Morgan fingerprint density at radius 3 is 3.00 bits per heavy atom. The van der Waals surface area contributed by atoms with Crippen molar-refractivity contribution in [3.63, 3.8) is 0 Å². The summed E-state index contributed by atoms with van der Waals surface area (Å²) in [6.45, 7) is 0.293. The fourth-order valence-corrected chi connectivity index (χ4v) is 2.19. The Hall–Kier alpha value is -1.67. The Bertz CT molecular complexity index is 423. The number of anilines is 1. The number of hydrogen-bond donors (Lipinski definition) is 3. The van der Waals surface area contributed by atoms with Crippen LogP contribution in [0.3, 0.4) is 0 Å². The maximum atomic E-state index is 11.5. The van der Waals surface area contributed by atoms with Crippen molar-refractivity contribution in [2.75, 3.05) is 11.9 Å². The molecule has 1 saturated heterocycles. The molecule has 2 atom stereocenters. The Labute approximate surface area is 107 Å². The molecule has 0 spiro atoms. The third-order valence-corrected chi connectivity index (χ3v) is 3.21. The van der Waals surface area contributed by atoms with Gasteiger partial charge in [-0.25, -0.2) is 14.6 Å². The van der Waals surface area contributed by atoms with Gasteiger partial charge < -0.3 is 15.2 Å². The van der Waals surface area contributed by atoms with E-state index >= 15 is 0 Å². The standard InChI is InChI=1S/C10H13N3O4S/c14-8(15)7-2-1-6(17-7)5-12-9(16)13-10-11-3-4-18-10/h3-4,6-7H,1-2,5H2,(H,14,15)(H2,11,12,13,16). The van der Waals surface area contributed by atoms with Gasteiger partial charge in [-0.15, -0.1) is 11.3 Å². The van der Waals surface area contributed by atoms with Gasteiger partial charge in [-0.3, -0.25) is 5.32 Å². The lowest BCUT2D eigenvalue weighted by molar-refractivity contribution is -0.149. The largest absolute Gasteiger partial charge is 0.479 e. The molecule has 3 N–H and O–H groups in total. The van der Waals surface area contributed by atoms with Crippen molar-refractivity contribution in [3.05, 3.63) is 11.6 Å². The van der Waals surface area contributed by atoms with E-state index in [-0.39, 0.29) is 12.1 Å². The Balaban J connectivity index is 1.69. The van der Waals surface area contributed by atoms with Crippen molar-refractivity contribution in [2.45, 2.75) is 25.0 Å². The molecule has 2 heterocycles. The van der Waals surface area contributed by atoms with E-state index in [4.69, 9.17) is 9.84 Å². The minimum Gasteiger partial charge on any atom is -0.479 e. The molecule has 18 heavy (non-hydrogen) atoms. The molecule has 1 aromatic heterocycles. The van der Waals surface area contributed by atoms with Gasteiger partial charge >= 0.3 is 12.0 Å². The Kier molecular flexibility index (Phi) is 4.11. The maximum Gasteiger partial charge on any atom is 0.332 e. The van der Waals surface area contributed by atoms with E-state index in [2.05, 4.69) is 15.6 Å². The van der Waals surface area contributed by atoms with Gasteiger partial charge in [0.15, 0.2) is 11.2 Å². The predicted molar refractivity (Wildman–Crippen MR) is 64.7 cm³/mol. The molecule has 1 aliphatic heterocycles. The number of carboxylic acids is 1. The van der Waals surface area contributed by atoms with Crippen molar-refractivity contribution < 1.29 is 19.4 Å². The van der Waals surface area contributed by atoms with Gasteiger partial charge in [0.25, 0.3) is 0 Å². The second kappa shape index (κ2) is 5.78. The lowest BCUT2D eigenvalue weighted by atomic mass is 10.2. The smallest absolute Gasteiger partial charge is 0.332 e. The number of amides is 2. The zero-order valence-corrected chi connectivity index (χ0v) is 10.3. The molecular weight excluding hydrogens is 258 g/mol. The van der Waals surface area contributed by atoms with E-state index in [9.17, 15) is 9.59 Å². The number of nitrogens with zero attached hydrogens (tertiary/aromatic N) is 1. The number of aliphatic carboxylic acids is 1. The minimum absolute atomic E-state index is 0.242. The average Bonchev–Trinajstić information content (AvgIpc) is 2.96. The van der Waals surface area contributed by atoms with Crippen LogP contribution in [0.5, 0.6) is 0 Å². The van der Waals surface area contributed by atoms with E-state index in [0.29, 0.717) is 24.5 Å². The number of carbonyl (C=O) groups excluding carboxylic acids is 1. The molecule has 1 aliphatic rings. The van der Waals surface area contributed by atoms with Crippen LogP contribution in [-0.4, -0.2) is 40.8 Å². The summed E-state index contributed by atoms with van der Waals surface area (Å²) in [5.74, 6) is -0.954. The third-order valence-electron chi connectivity index (χ3n) is 2.53. The highest BCUT2D eigenvalue weighted by atomic mass is 32.1. The molecule has 7 nitrogen and oxygen atoms in total. The van der Waals surface area contributed by atoms with Crippen molar-refractivity contribution >= 4 is 28.5 Å². The molecule has 0 radical (unpaired) electrons. The summed E-state index contributed by atoms with van der Waals surface area (Å²) in [6.07, 6.45) is 1.72. The molecule has 0 aliphatic carbocycles. The molecule has 2 rings (SSSR count). The second-order valence-electron chi connectivity index (χ2n) is 3.83. The topological polar surface area (TPSA) is 101 Å². The van der Waals surface area contributed by atoms with Gasteiger partial charge in [0, 0.05) is 18.1 Å². The van der Waals surface area contributed by atoms with E-state index in [1.54, 1.807) is 11.6 Å². The average molecular weight is 271 g/mol. The monoisotopic (exact) mass is 271 g/mol. The van der Waals surface area contributed by atoms with Crippen molar-refractivity contribution in [1.29, 1.82) is 0 Å². The van der Waals surface area contributed by atoms with Crippen LogP contribution in [-0.2, 0) is 9.53 Å². The SMILES string of the molecule is O=C(NCC1CCC(C(=O)O)O1)Nc1nccs1. The number of aromatic nitrogens is 1. The van der Waals surface area contributed by atoms with Gasteiger partial charge in [0.1, 0.15) is 0 Å². The van der Waals surface area contributed by atoms with Gasteiger partial charge in [-0.2, -0.15) is 0 Å². The summed E-state index contributed by atoms with van der Waals surface area (Å²) in [5.41, 5.74) is 0. The molecule has 8 heteroatoms. The van der Waals surface area contributed by atoms with E-state index in [1.165, 1.54) is 11.3 Å².